The molecule has 1 aromatic heterocycles. The lowest BCUT2D eigenvalue weighted by Crippen LogP contribution is -2.06. The number of nitrogens with zero attached hydrogens (tertiary/aromatic N) is 1. The Kier molecular flexibility index (Phi) is 3.36. The summed E-state index contributed by atoms with van der Waals surface area (Å²) >= 11 is 2.99. The summed E-state index contributed by atoms with van der Waals surface area (Å²) in [5.41, 5.74) is 0.472. The van der Waals surface area contributed by atoms with Crippen LogP contribution in [0.2, 0.25) is 0 Å². The van der Waals surface area contributed by atoms with Crippen LogP contribution in [0.25, 0.3) is 0 Å². The molecule has 0 radical (unpaired) electrons. The molecule has 5 heteroatoms. The Morgan fingerprint density at radius 3 is 3.00 bits per heavy atom. The van der Waals surface area contributed by atoms with Crippen molar-refractivity contribution in [3.8, 4) is 0 Å². The number of esters is 1. The summed E-state index contributed by atoms with van der Waals surface area (Å²) in [5.74, 6) is -0.848. The van der Waals surface area contributed by atoms with Crippen molar-refractivity contribution in [2.24, 2.45) is 0 Å². The highest BCUT2D eigenvalue weighted by molar-refractivity contribution is 9.10. The van der Waals surface area contributed by atoms with E-state index in [9.17, 15) is 9.18 Å². The number of rotatable bonds is 2. The molecule has 70 valence electrons. The largest absolute Gasteiger partial charge is 0.469 e. The maximum Gasteiger partial charge on any atom is 0.311 e. The van der Waals surface area contributed by atoms with Crippen molar-refractivity contribution in [3.05, 3.63) is 28.2 Å². The van der Waals surface area contributed by atoms with E-state index in [1.807, 2.05) is 0 Å². The third-order valence-electron chi connectivity index (χ3n) is 1.42. The van der Waals surface area contributed by atoms with Gasteiger partial charge < -0.3 is 4.74 Å². The molecular weight excluding hydrogens is 241 g/mol. The number of hydrogen-bond donors (Lipinski definition) is 0. The Morgan fingerprint density at radius 2 is 2.46 bits per heavy atom. The predicted octanol–water partition coefficient (Wildman–Crippen LogP) is 1.70. The maximum absolute atomic E-state index is 12.7. The molecule has 0 aliphatic rings. The molecule has 1 aromatic rings. The Balaban J connectivity index is 2.79. The van der Waals surface area contributed by atoms with Crippen LogP contribution in [-0.2, 0) is 16.0 Å². The van der Waals surface area contributed by atoms with Gasteiger partial charge in [0.2, 0.25) is 0 Å². The molecule has 13 heavy (non-hydrogen) atoms. The average Bonchev–Trinajstić information content (AvgIpc) is 2.11. The first kappa shape index (κ1) is 10.1. The van der Waals surface area contributed by atoms with Crippen molar-refractivity contribution >= 4 is 21.9 Å². The second-order valence-electron chi connectivity index (χ2n) is 2.34. The number of methoxy groups -OCH3 is 1. The molecule has 0 atom stereocenters. The quantitative estimate of drug-likeness (QED) is 0.747. The molecule has 0 unspecified atom stereocenters. The molecule has 0 saturated carbocycles. The fraction of sp³-hybridized carbons (Fsp3) is 0.250. The van der Waals surface area contributed by atoms with Gasteiger partial charge in [0.15, 0.2) is 5.82 Å². The van der Waals surface area contributed by atoms with E-state index in [0.29, 0.717) is 10.2 Å². The van der Waals surface area contributed by atoms with Crippen molar-refractivity contribution in [1.82, 2.24) is 4.98 Å². The van der Waals surface area contributed by atoms with Crippen LogP contribution in [0.3, 0.4) is 0 Å². The van der Waals surface area contributed by atoms with Gasteiger partial charge in [0.05, 0.1) is 29.9 Å². The normalized spacial score (nSPS) is 9.77. The molecule has 0 fully saturated rings. The number of pyridine rings is 1. The maximum atomic E-state index is 12.7. The van der Waals surface area contributed by atoms with Crippen molar-refractivity contribution in [1.29, 1.82) is 0 Å². The molecule has 1 rings (SSSR count). The smallest absolute Gasteiger partial charge is 0.311 e. The Hall–Kier alpha value is -0.970. The fourth-order valence-corrected chi connectivity index (χ4v) is 1.14. The highest BCUT2D eigenvalue weighted by atomic mass is 79.9. The number of halogens is 2. The van der Waals surface area contributed by atoms with E-state index in [2.05, 4.69) is 25.7 Å². The van der Waals surface area contributed by atoms with Gasteiger partial charge in [0, 0.05) is 0 Å². The zero-order valence-electron chi connectivity index (χ0n) is 6.88. The van der Waals surface area contributed by atoms with Crippen molar-refractivity contribution in [2.45, 2.75) is 6.42 Å². The molecule has 0 amide bonds. The minimum atomic E-state index is -0.450. The van der Waals surface area contributed by atoms with Gasteiger partial charge >= 0.3 is 5.97 Å². The summed E-state index contributed by atoms with van der Waals surface area (Å²) in [6, 6.07) is 1.45. The highest BCUT2D eigenvalue weighted by Gasteiger charge is 2.06. The van der Waals surface area contributed by atoms with E-state index >= 15 is 0 Å². The average molecular weight is 248 g/mol. The number of carbonyl (C=O) groups excluding carboxylic acids is 1. The second-order valence-corrected chi connectivity index (χ2v) is 3.20. The zero-order chi connectivity index (χ0) is 9.84. The van der Waals surface area contributed by atoms with Crippen LogP contribution in [0, 0.1) is 5.82 Å². The summed E-state index contributed by atoms with van der Waals surface area (Å²) in [6.45, 7) is 0. The molecule has 0 aliphatic carbocycles. The van der Waals surface area contributed by atoms with Gasteiger partial charge in [-0.2, -0.15) is 0 Å². The first-order valence-electron chi connectivity index (χ1n) is 3.50. The molecular formula is C8H7BrFNO2. The summed E-state index contributed by atoms with van der Waals surface area (Å²) in [5, 5.41) is 0. The van der Waals surface area contributed by atoms with E-state index in [1.54, 1.807) is 0 Å². The van der Waals surface area contributed by atoms with Crippen LogP contribution < -0.4 is 0 Å². The molecule has 0 aliphatic heterocycles. The summed E-state index contributed by atoms with van der Waals surface area (Å²) in [6.07, 6.45) is 1.11. The van der Waals surface area contributed by atoms with E-state index in [1.165, 1.54) is 13.2 Å². The third kappa shape index (κ3) is 2.77. The monoisotopic (exact) mass is 247 g/mol. The Labute approximate surface area is 83.1 Å². The SMILES string of the molecule is COC(=O)Cc1cc(Br)c(F)cn1. The first-order valence-corrected chi connectivity index (χ1v) is 4.29. The Morgan fingerprint density at radius 1 is 1.77 bits per heavy atom. The summed E-state index contributed by atoms with van der Waals surface area (Å²) in [7, 11) is 1.29. The van der Waals surface area contributed by atoms with Gasteiger partial charge in [-0.25, -0.2) is 4.39 Å². The first-order chi connectivity index (χ1) is 6.13. The van der Waals surface area contributed by atoms with Crippen molar-refractivity contribution in [3.63, 3.8) is 0 Å². The fourth-order valence-electron chi connectivity index (χ4n) is 0.770. The highest BCUT2D eigenvalue weighted by Crippen LogP contribution is 2.14. The summed E-state index contributed by atoms with van der Waals surface area (Å²) in [4.78, 5) is 14.5. The number of aromatic nitrogens is 1. The lowest BCUT2D eigenvalue weighted by Gasteiger charge is -1.99. The third-order valence-corrected chi connectivity index (χ3v) is 2.03. The Bertz CT molecular complexity index is 330. The van der Waals surface area contributed by atoms with Crippen LogP contribution in [0.5, 0.6) is 0 Å². The summed E-state index contributed by atoms with van der Waals surface area (Å²) < 4.78 is 17.4. The lowest BCUT2D eigenvalue weighted by atomic mass is 10.3. The molecule has 0 aromatic carbocycles. The number of hydrogen-bond acceptors (Lipinski definition) is 3. The second kappa shape index (κ2) is 4.32. The van der Waals surface area contributed by atoms with E-state index in [-0.39, 0.29) is 6.42 Å². The molecule has 3 nitrogen and oxygen atoms in total. The lowest BCUT2D eigenvalue weighted by molar-refractivity contribution is -0.139. The minimum absolute atomic E-state index is 0.0510. The molecule has 0 bridgehead atoms. The van der Waals surface area contributed by atoms with Crippen LogP contribution in [0.15, 0.2) is 16.7 Å². The predicted molar refractivity (Wildman–Crippen MR) is 47.6 cm³/mol. The standard InChI is InChI=1S/C8H7BrFNO2/c1-13-8(12)3-5-2-6(9)7(10)4-11-5/h2,4H,3H2,1H3. The van der Waals surface area contributed by atoms with Gasteiger partial charge in [0.1, 0.15) is 0 Å². The topological polar surface area (TPSA) is 39.2 Å². The number of ether oxygens (including phenoxy) is 1. The minimum Gasteiger partial charge on any atom is -0.469 e. The number of carbonyl (C=O) groups is 1. The van der Waals surface area contributed by atoms with E-state index in [4.69, 9.17) is 0 Å². The van der Waals surface area contributed by atoms with E-state index in [0.717, 1.165) is 6.20 Å². The van der Waals surface area contributed by atoms with Gasteiger partial charge in [-0.05, 0) is 22.0 Å². The van der Waals surface area contributed by atoms with Gasteiger partial charge in [-0.3, -0.25) is 9.78 Å². The van der Waals surface area contributed by atoms with Crippen LogP contribution in [0.1, 0.15) is 5.69 Å². The van der Waals surface area contributed by atoms with E-state index < -0.39 is 11.8 Å². The molecule has 1 heterocycles. The van der Waals surface area contributed by atoms with Crippen molar-refractivity contribution in [2.75, 3.05) is 7.11 Å². The van der Waals surface area contributed by atoms with Crippen LogP contribution in [-0.4, -0.2) is 18.1 Å². The van der Waals surface area contributed by atoms with Gasteiger partial charge in [0.25, 0.3) is 0 Å². The van der Waals surface area contributed by atoms with Gasteiger partial charge in [-0.15, -0.1) is 0 Å². The molecule has 0 saturated heterocycles. The molecule has 0 spiro atoms. The zero-order valence-corrected chi connectivity index (χ0v) is 8.47. The van der Waals surface area contributed by atoms with Gasteiger partial charge in [-0.1, -0.05) is 0 Å². The van der Waals surface area contributed by atoms with Crippen molar-refractivity contribution < 1.29 is 13.9 Å². The molecule has 0 N–H and O–H groups in total. The van der Waals surface area contributed by atoms with Crippen LogP contribution in [0.4, 0.5) is 4.39 Å². The van der Waals surface area contributed by atoms with Crippen LogP contribution >= 0.6 is 15.9 Å².